The van der Waals surface area contributed by atoms with Gasteiger partial charge in [0.25, 0.3) is 0 Å². The van der Waals surface area contributed by atoms with Crippen LogP contribution < -0.4 is 10.1 Å². The second-order valence-electron chi connectivity index (χ2n) is 6.20. The summed E-state index contributed by atoms with van der Waals surface area (Å²) in [6.07, 6.45) is 2.04. The summed E-state index contributed by atoms with van der Waals surface area (Å²) in [7, 11) is 5.25. The van der Waals surface area contributed by atoms with Crippen LogP contribution in [0.3, 0.4) is 0 Å². The highest BCUT2D eigenvalue weighted by atomic mass is 16.5. The molecule has 0 spiro atoms. The molecule has 1 fully saturated rings. The average molecular weight is 349 g/mol. The van der Waals surface area contributed by atoms with Crippen LogP contribution in [-0.4, -0.2) is 71.6 Å². The fraction of sp³-hybridized carbons (Fsp3) is 0.632. The Hall–Kier alpha value is -1.79. The standard InChI is InChI=1S/C19H31N3O3/c1-20-19(21-10-8-17-6-4-5-7-18(17)24-3)22-11-9-16(14-22)15-25-13-12-23-2/h4-7,16H,8-15H2,1-3H3,(H,20,21). The smallest absolute Gasteiger partial charge is 0.193 e. The van der Waals surface area contributed by atoms with Crippen LogP contribution in [-0.2, 0) is 15.9 Å². The van der Waals surface area contributed by atoms with E-state index in [4.69, 9.17) is 14.2 Å². The molecule has 6 nitrogen and oxygen atoms in total. The normalized spacial score (nSPS) is 17.8. The first-order valence-electron chi connectivity index (χ1n) is 8.92. The van der Waals surface area contributed by atoms with Crippen molar-refractivity contribution < 1.29 is 14.2 Å². The van der Waals surface area contributed by atoms with Gasteiger partial charge in [-0.15, -0.1) is 0 Å². The zero-order chi connectivity index (χ0) is 17.9. The van der Waals surface area contributed by atoms with E-state index in [0.717, 1.165) is 50.8 Å². The van der Waals surface area contributed by atoms with Gasteiger partial charge in [-0.05, 0) is 24.5 Å². The van der Waals surface area contributed by atoms with Crippen LogP contribution in [0.5, 0.6) is 5.75 Å². The number of rotatable bonds is 9. The van der Waals surface area contributed by atoms with Crippen molar-refractivity contribution in [2.24, 2.45) is 10.9 Å². The largest absolute Gasteiger partial charge is 0.496 e. The third-order valence-electron chi connectivity index (χ3n) is 4.45. The quantitative estimate of drug-likeness (QED) is 0.419. The lowest BCUT2D eigenvalue weighted by molar-refractivity contribution is 0.0536. The minimum Gasteiger partial charge on any atom is -0.496 e. The van der Waals surface area contributed by atoms with Crippen molar-refractivity contribution in [1.82, 2.24) is 10.2 Å². The number of nitrogens with zero attached hydrogens (tertiary/aromatic N) is 2. The summed E-state index contributed by atoms with van der Waals surface area (Å²) in [5.74, 6) is 2.47. The van der Waals surface area contributed by atoms with Crippen molar-refractivity contribution in [2.45, 2.75) is 12.8 Å². The predicted molar refractivity (Wildman–Crippen MR) is 100 cm³/mol. The van der Waals surface area contributed by atoms with Gasteiger partial charge in [0.05, 0.1) is 26.9 Å². The highest BCUT2D eigenvalue weighted by Crippen LogP contribution is 2.18. The van der Waals surface area contributed by atoms with E-state index in [0.29, 0.717) is 19.1 Å². The summed E-state index contributed by atoms with van der Waals surface area (Å²) in [4.78, 5) is 6.74. The van der Waals surface area contributed by atoms with E-state index < -0.39 is 0 Å². The topological polar surface area (TPSA) is 55.3 Å². The van der Waals surface area contributed by atoms with E-state index in [1.165, 1.54) is 5.56 Å². The van der Waals surface area contributed by atoms with Gasteiger partial charge >= 0.3 is 0 Å². The number of hydrogen-bond acceptors (Lipinski definition) is 4. The van der Waals surface area contributed by atoms with Gasteiger partial charge in [-0.25, -0.2) is 0 Å². The average Bonchev–Trinajstić information content (AvgIpc) is 3.11. The molecule has 25 heavy (non-hydrogen) atoms. The molecular formula is C19H31N3O3. The Morgan fingerprint density at radius 3 is 2.88 bits per heavy atom. The molecule has 0 saturated carbocycles. The summed E-state index contributed by atoms with van der Waals surface area (Å²) in [6.45, 7) is 4.95. The van der Waals surface area contributed by atoms with Crippen molar-refractivity contribution >= 4 is 5.96 Å². The van der Waals surface area contributed by atoms with Crippen LogP contribution in [0.2, 0.25) is 0 Å². The molecule has 0 radical (unpaired) electrons. The SMILES string of the molecule is CN=C(NCCc1ccccc1OC)N1CCC(COCCOC)C1. The van der Waals surface area contributed by atoms with Crippen LogP contribution >= 0.6 is 0 Å². The van der Waals surface area contributed by atoms with Crippen LogP contribution in [0.1, 0.15) is 12.0 Å². The fourth-order valence-electron chi connectivity index (χ4n) is 3.10. The first-order valence-corrected chi connectivity index (χ1v) is 8.92. The molecule has 1 heterocycles. The zero-order valence-electron chi connectivity index (χ0n) is 15.7. The Balaban J connectivity index is 1.73. The number of nitrogens with one attached hydrogen (secondary N) is 1. The minimum absolute atomic E-state index is 0.560. The minimum atomic E-state index is 0.560. The number of hydrogen-bond donors (Lipinski definition) is 1. The van der Waals surface area contributed by atoms with E-state index in [-0.39, 0.29) is 0 Å². The number of aliphatic imine (C=N–C) groups is 1. The third kappa shape index (κ3) is 6.21. The molecule has 1 saturated heterocycles. The Morgan fingerprint density at radius 1 is 1.28 bits per heavy atom. The Labute approximate surface area is 151 Å². The lowest BCUT2D eigenvalue weighted by atomic mass is 10.1. The summed E-state index contributed by atoms with van der Waals surface area (Å²) >= 11 is 0. The van der Waals surface area contributed by atoms with Gasteiger partial charge in [-0.1, -0.05) is 18.2 Å². The summed E-state index contributed by atoms with van der Waals surface area (Å²) in [5, 5.41) is 3.47. The Bertz CT molecular complexity index is 536. The molecule has 140 valence electrons. The summed E-state index contributed by atoms with van der Waals surface area (Å²) in [5.41, 5.74) is 1.21. The number of para-hydroxylation sites is 1. The molecule has 1 atom stereocenters. The first-order chi connectivity index (χ1) is 12.3. The van der Waals surface area contributed by atoms with Crippen LogP contribution in [0.15, 0.2) is 29.3 Å². The van der Waals surface area contributed by atoms with Gasteiger partial charge in [0.1, 0.15) is 5.75 Å². The van der Waals surface area contributed by atoms with Crippen LogP contribution in [0, 0.1) is 5.92 Å². The van der Waals surface area contributed by atoms with E-state index >= 15 is 0 Å². The van der Waals surface area contributed by atoms with Crippen molar-refractivity contribution in [2.75, 3.05) is 60.7 Å². The maximum atomic E-state index is 5.66. The first kappa shape index (κ1) is 19.5. The Morgan fingerprint density at radius 2 is 2.12 bits per heavy atom. The van der Waals surface area contributed by atoms with E-state index in [2.05, 4.69) is 21.3 Å². The molecule has 0 bridgehead atoms. The van der Waals surface area contributed by atoms with E-state index in [9.17, 15) is 0 Å². The number of methoxy groups -OCH3 is 2. The van der Waals surface area contributed by atoms with Gasteiger partial charge in [0, 0.05) is 39.7 Å². The Kier molecular flexibility index (Phi) is 8.55. The van der Waals surface area contributed by atoms with Crippen LogP contribution in [0.4, 0.5) is 0 Å². The van der Waals surface area contributed by atoms with Crippen LogP contribution in [0.25, 0.3) is 0 Å². The van der Waals surface area contributed by atoms with Crippen molar-refractivity contribution in [3.8, 4) is 5.75 Å². The fourth-order valence-corrected chi connectivity index (χ4v) is 3.10. The van der Waals surface area contributed by atoms with E-state index in [1.807, 2.05) is 25.2 Å². The number of guanidine groups is 1. The molecule has 1 aliphatic rings. The maximum absolute atomic E-state index is 5.66. The molecule has 1 aromatic carbocycles. The van der Waals surface area contributed by atoms with Gasteiger partial charge in [-0.3, -0.25) is 4.99 Å². The summed E-state index contributed by atoms with van der Waals surface area (Å²) in [6, 6.07) is 8.14. The van der Waals surface area contributed by atoms with Crippen molar-refractivity contribution in [3.05, 3.63) is 29.8 Å². The highest BCUT2D eigenvalue weighted by Gasteiger charge is 2.24. The molecule has 1 aromatic rings. The number of benzene rings is 1. The van der Waals surface area contributed by atoms with E-state index in [1.54, 1.807) is 14.2 Å². The van der Waals surface area contributed by atoms with Gasteiger partial charge in [0.2, 0.25) is 0 Å². The second kappa shape index (κ2) is 10.9. The zero-order valence-corrected chi connectivity index (χ0v) is 15.7. The second-order valence-corrected chi connectivity index (χ2v) is 6.20. The maximum Gasteiger partial charge on any atom is 0.193 e. The van der Waals surface area contributed by atoms with Gasteiger partial charge in [-0.2, -0.15) is 0 Å². The highest BCUT2D eigenvalue weighted by molar-refractivity contribution is 5.80. The molecule has 2 rings (SSSR count). The molecule has 1 aliphatic heterocycles. The predicted octanol–water partition coefficient (Wildman–Crippen LogP) is 1.80. The van der Waals surface area contributed by atoms with Gasteiger partial charge < -0.3 is 24.4 Å². The number of ether oxygens (including phenoxy) is 3. The molecule has 6 heteroatoms. The monoisotopic (exact) mass is 349 g/mol. The van der Waals surface area contributed by atoms with Crippen molar-refractivity contribution in [3.63, 3.8) is 0 Å². The molecule has 0 amide bonds. The molecule has 1 unspecified atom stereocenters. The summed E-state index contributed by atoms with van der Waals surface area (Å²) < 4.78 is 16.1. The van der Waals surface area contributed by atoms with Gasteiger partial charge in [0.15, 0.2) is 5.96 Å². The number of likely N-dealkylation sites (tertiary alicyclic amines) is 1. The lowest BCUT2D eigenvalue weighted by Gasteiger charge is -2.22. The van der Waals surface area contributed by atoms with Crippen molar-refractivity contribution in [1.29, 1.82) is 0 Å². The third-order valence-corrected chi connectivity index (χ3v) is 4.45. The molecule has 0 aliphatic carbocycles. The molecule has 1 N–H and O–H groups in total. The molecular weight excluding hydrogens is 318 g/mol. The lowest BCUT2D eigenvalue weighted by Crippen LogP contribution is -2.41. The molecule has 0 aromatic heterocycles.